The SMILES string of the molecule is CCc1ccccc1NC(=O)CSC1=N[C@@H]2CS(=O)(=O)C[C@@H]2N1c1cc(C(F)(F)F)ccc1Cl. The average Bonchev–Trinajstić information content (AvgIpc) is 3.23. The third-order valence-corrected chi connectivity index (χ3v) is 8.63. The van der Waals surface area contributed by atoms with Crippen LogP contribution in [0.25, 0.3) is 0 Å². The van der Waals surface area contributed by atoms with Crippen molar-refractivity contribution < 1.29 is 26.4 Å². The number of alkyl halides is 3. The van der Waals surface area contributed by atoms with Gasteiger partial charge in [-0.2, -0.15) is 13.2 Å². The zero-order chi connectivity index (χ0) is 24.7. The Hall–Kier alpha value is -2.24. The number of benzene rings is 2. The molecule has 6 nitrogen and oxygen atoms in total. The van der Waals surface area contributed by atoms with Crippen LogP contribution in [0.15, 0.2) is 47.5 Å². The number of aliphatic imine (C=N–C) groups is 1. The van der Waals surface area contributed by atoms with Crippen molar-refractivity contribution >= 4 is 55.6 Å². The van der Waals surface area contributed by atoms with Crippen molar-refractivity contribution in [3.8, 4) is 0 Å². The Morgan fingerprint density at radius 1 is 1.24 bits per heavy atom. The molecule has 2 aromatic rings. The van der Waals surface area contributed by atoms with Gasteiger partial charge < -0.3 is 10.2 Å². The number of sulfone groups is 1. The lowest BCUT2D eigenvalue weighted by Gasteiger charge is -2.28. The first kappa shape index (κ1) is 24.9. The minimum Gasteiger partial charge on any atom is -0.325 e. The molecule has 34 heavy (non-hydrogen) atoms. The molecule has 2 aliphatic heterocycles. The Balaban J connectivity index is 1.59. The first-order valence-electron chi connectivity index (χ1n) is 10.4. The summed E-state index contributed by atoms with van der Waals surface area (Å²) in [5.41, 5.74) is 0.763. The van der Waals surface area contributed by atoms with Crippen molar-refractivity contribution in [2.24, 2.45) is 4.99 Å². The molecule has 0 aromatic heterocycles. The number of rotatable bonds is 5. The number of thioether (sulfide) groups is 1. The number of fused-ring (bicyclic) bond motifs is 1. The smallest absolute Gasteiger partial charge is 0.325 e. The normalized spacial score (nSPS) is 21.3. The monoisotopic (exact) mass is 531 g/mol. The first-order chi connectivity index (χ1) is 16.0. The molecular weight excluding hydrogens is 511 g/mol. The van der Waals surface area contributed by atoms with E-state index in [1.54, 1.807) is 6.07 Å². The van der Waals surface area contributed by atoms with Gasteiger partial charge in [0, 0.05) is 5.69 Å². The fraction of sp³-hybridized carbons (Fsp3) is 0.364. The Morgan fingerprint density at radius 3 is 2.68 bits per heavy atom. The zero-order valence-corrected chi connectivity index (χ0v) is 20.4. The van der Waals surface area contributed by atoms with E-state index in [1.807, 2.05) is 25.1 Å². The molecule has 1 N–H and O–H groups in total. The van der Waals surface area contributed by atoms with Crippen LogP contribution in [0, 0.1) is 0 Å². The Morgan fingerprint density at radius 2 is 1.97 bits per heavy atom. The molecule has 0 aliphatic carbocycles. The van der Waals surface area contributed by atoms with Crippen molar-refractivity contribution in [2.75, 3.05) is 27.5 Å². The summed E-state index contributed by atoms with van der Waals surface area (Å²) in [5, 5.41) is 3.14. The van der Waals surface area contributed by atoms with E-state index in [2.05, 4.69) is 10.3 Å². The van der Waals surface area contributed by atoms with Gasteiger partial charge in [-0.15, -0.1) is 0 Å². The molecular formula is C22H21ClF3N3O3S2. The lowest BCUT2D eigenvalue weighted by Crippen LogP contribution is -2.39. The predicted molar refractivity (Wildman–Crippen MR) is 130 cm³/mol. The molecule has 2 aromatic carbocycles. The summed E-state index contributed by atoms with van der Waals surface area (Å²) < 4.78 is 64.4. The second-order valence-electron chi connectivity index (χ2n) is 8.00. The molecule has 2 atom stereocenters. The number of nitrogens with one attached hydrogen (secondary N) is 1. The fourth-order valence-corrected chi connectivity index (χ4v) is 7.02. The molecule has 2 heterocycles. The lowest BCUT2D eigenvalue weighted by molar-refractivity contribution is -0.137. The van der Waals surface area contributed by atoms with Crippen LogP contribution in [-0.4, -0.2) is 48.8 Å². The van der Waals surface area contributed by atoms with Crippen LogP contribution in [0.2, 0.25) is 5.02 Å². The molecule has 0 bridgehead atoms. The summed E-state index contributed by atoms with van der Waals surface area (Å²) in [6.07, 6.45) is -3.87. The Kier molecular flexibility index (Phi) is 6.90. The van der Waals surface area contributed by atoms with E-state index in [0.29, 0.717) is 5.69 Å². The number of hydrogen-bond acceptors (Lipinski definition) is 6. The number of para-hydroxylation sites is 1. The number of carbonyl (C=O) groups excluding carboxylic acids is 1. The van der Waals surface area contributed by atoms with E-state index >= 15 is 0 Å². The van der Waals surface area contributed by atoms with E-state index in [9.17, 15) is 26.4 Å². The Labute approximate surface area is 204 Å². The minimum atomic E-state index is -4.60. The zero-order valence-electron chi connectivity index (χ0n) is 18.0. The van der Waals surface area contributed by atoms with Crippen LogP contribution < -0.4 is 10.2 Å². The van der Waals surface area contributed by atoms with Crippen molar-refractivity contribution in [2.45, 2.75) is 31.6 Å². The highest BCUT2D eigenvalue weighted by molar-refractivity contribution is 8.14. The lowest BCUT2D eigenvalue weighted by atomic mass is 10.1. The first-order valence-corrected chi connectivity index (χ1v) is 13.6. The summed E-state index contributed by atoms with van der Waals surface area (Å²) in [5.74, 6) is -0.831. The van der Waals surface area contributed by atoms with E-state index in [0.717, 1.165) is 41.9 Å². The van der Waals surface area contributed by atoms with Crippen molar-refractivity contribution in [3.05, 3.63) is 58.6 Å². The van der Waals surface area contributed by atoms with Crippen LogP contribution in [0.4, 0.5) is 24.5 Å². The predicted octanol–water partition coefficient (Wildman–Crippen LogP) is 4.63. The van der Waals surface area contributed by atoms with E-state index in [4.69, 9.17) is 11.6 Å². The summed E-state index contributed by atoms with van der Waals surface area (Å²) in [6.45, 7) is 1.97. The highest BCUT2D eigenvalue weighted by Crippen LogP contribution is 2.41. The van der Waals surface area contributed by atoms with Gasteiger partial charge in [-0.05, 0) is 36.2 Å². The van der Waals surface area contributed by atoms with E-state index in [-0.39, 0.29) is 39.0 Å². The maximum absolute atomic E-state index is 13.4. The van der Waals surface area contributed by atoms with Crippen LogP contribution in [-0.2, 0) is 27.2 Å². The molecule has 1 amide bonds. The van der Waals surface area contributed by atoms with Gasteiger partial charge >= 0.3 is 6.18 Å². The third-order valence-electron chi connectivity index (χ3n) is 5.65. The third kappa shape index (κ3) is 5.21. The van der Waals surface area contributed by atoms with Gasteiger partial charge in [-0.1, -0.05) is 48.5 Å². The Bertz CT molecular complexity index is 1250. The number of carbonyl (C=O) groups is 1. The molecule has 0 radical (unpaired) electrons. The summed E-state index contributed by atoms with van der Waals surface area (Å²) in [4.78, 5) is 18.5. The van der Waals surface area contributed by atoms with Gasteiger partial charge in [-0.3, -0.25) is 9.79 Å². The maximum Gasteiger partial charge on any atom is 0.416 e. The second-order valence-corrected chi connectivity index (χ2v) is 11.5. The average molecular weight is 532 g/mol. The van der Waals surface area contributed by atoms with Gasteiger partial charge in [0.2, 0.25) is 5.91 Å². The summed E-state index contributed by atoms with van der Waals surface area (Å²) >= 11 is 7.29. The number of hydrogen-bond donors (Lipinski definition) is 1. The quantitative estimate of drug-likeness (QED) is 0.608. The van der Waals surface area contributed by atoms with Gasteiger partial charge in [0.1, 0.15) is 0 Å². The maximum atomic E-state index is 13.4. The minimum absolute atomic E-state index is 0.0177. The topological polar surface area (TPSA) is 78.8 Å². The van der Waals surface area contributed by atoms with Crippen LogP contribution in [0.1, 0.15) is 18.1 Å². The molecule has 0 spiro atoms. The van der Waals surface area contributed by atoms with Gasteiger partial charge in [0.25, 0.3) is 0 Å². The number of nitrogens with zero attached hydrogens (tertiary/aromatic N) is 2. The molecule has 4 rings (SSSR count). The van der Waals surface area contributed by atoms with Crippen molar-refractivity contribution in [1.82, 2.24) is 0 Å². The molecule has 12 heteroatoms. The van der Waals surface area contributed by atoms with Crippen molar-refractivity contribution in [3.63, 3.8) is 0 Å². The number of halogens is 4. The standard InChI is InChI=1S/C22H21ClF3N3O3S2/c1-2-13-5-3-4-6-16(13)27-20(30)10-33-21-28-17-11-34(31,32)12-19(17)29(21)18-9-14(22(24,25)26)7-8-15(18)23/h3-9,17,19H,2,10-12H2,1H3,(H,27,30)/t17-,19+/m1/s1. The number of amides is 1. The summed E-state index contributed by atoms with van der Waals surface area (Å²) in [6, 6.07) is 8.95. The highest BCUT2D eigenvalue weighted by Gasteiger charge is 2.48. The molecule has 1 fully saturated rings. The molecule has 1 saturated heterocycles. The molecule has 182 valence electrons. The van der Waals surface area contributed by atoms with Crippen LogP contribution >= 0.6 is 23.4 Å². The number of anilines is 2. The van der Waals surface area contributed by atoms with Crippen LogP contribution in [0.5, 0.6) is 0 Å². The molecule has 0 unspecified atom stereocenters. The van der Waals surface area contributed by atoms with E-state index < -0.39 is 33.7 Å². The van der Waals surface area contributed by atoms with Gasteiger partial charge in [0.05, 0.1) is 45.6 Å². The van der Waals surface area contributed by atoms with E-state index in [1.165, 1.54) is 4.90 Å². The molecule has 2 aliphatic rings. The van der Waals surface area contributed by atoms with Gasteiger partial charge in [0.15, 0.2) is 15.0 Å². The summed E-state index contributed by atoms with van der Waals surface area (Å²) in [7, 11) is -3.40. The number of aryl methyl sites for hydroxylation is 1. The fourth-order valence-electron chi connectivity index (χ4n) is 4.06. The highest BCUT2D eigenvalue weighted by atomic mass is 35.5. The van der Waals surface area contributed by atoms with Crippen LogP contribution in [0.3, 0.4) is 0 Å². The van der Waals surface area contributed by atoms with Crippen molar-refractivity contribution in [1.29, 1.82) is 0 Å². The number of amidine groups is 1. The second kappa shape index (κ2) is 9.43. The largest absolute Gasteiger partial charge is 0.416 e. The van der Waals surface area contributed by atoms with Gasteiger partial charge in [-0.25, -0.2) is 8.42 Å². The molecule has 0 saturated carbocycles.